The number of methoxy groups -OCH3 is 1. The zero-order chi connectivity index (χ0) is 15.2. The van der Waals surface area contributed by atoms with Crippen molar-refractivity contribution in [3.8, 4) is 0 Å². The van der Waals surface area contributed by atoms with Crippen molar-refractivity contribution < 1.29 is 17.9 Å². The predicted molar refractivity (Wildman–Crippen MR) is 74.1 cm³/mol. The number of ether oxygens (including phenoxy) is 1. The molecule has 0 aliphatic heterocycles. The summed E-state index contributed by atoms with van der Waals surface area (Å²) in [5, 5.41) is 3.21. The molecule has 0 bridgehead atoms. The van der Waals surface area contributed by atoms with Gasteiger partial charge in [0.25, 0.3) is 0 Å². The van der Waals surface area contributed by atoms with Crippen LogP contribution in [-0.4, -0.2) is 40.0 Å². The average molecular weight is 290 g/mol. The topological polar surface area (TPSA) is 24.5 Å². The molecule has 0 radical (unpaired) electrons. The van der Waals surface area contributed by atoms with Gasteiger partial charge in [-0.1, -0.05) is 6.07 Å². The zero-order valence-electron chi connectivity index (χ0n) is 12.0. The number of nitrogens with zero attached hydrogens (tertiary/aromatic N) is 1. The summed E-state index contributed by atoms with van der Waals surface area (Å²) in [5.74, 6) is 0. The fourth-order valence-electron chi connectivity index (χ4n) is 1.87. The SMILES string of the molecule is COCCNCc1ccc(N(C)CC(F)(F)F)cc1C. The highest BCUT2D eigenvalue weighted by Crippen LogP contribution is 2.23. The number of benzene rings is 1. The number of nitrogens with one attached hydrogen (secondary N) is 1. The van der Waals surface area contributed by atoms with Crippen LogP contribution >= 0.6 is 0 Å². The second kappa shape index (κ2) is 7.50. The van der Waals surface area contributed by atoms with Gasteiger partial charge in [-0.25, -0.2) is 0 Å². The first-order valence-electron chi connectivity index (χ1n) is 6.40. The van der Waals surface area contributed by atoms with Gasteiger partial charge < -0.3 is 15.0 Å². The standard InChI is InChI=1S/C14H21F3N2O/c1-11-8-13(19(2)10-14(15,16)17)5-4-12(11)9-18-6-7-20-3/h4-5,8,18H,6-7,9-10H2,1-3H3. The van der Waals surface area contributed by atoms with Gasteiger partial charge in [-0.2, -0.15) is 13.2 Å². The van der Waals surface area contributed by atoms with Gasteiger partial charge in [-0.05, 0) is 30.2 Å². The summed E-state index contributed by atoms with van der Waals surface area (Å²) < 4.78 is 42.0. The van der Waals surface area contributed by atoms with Gasteiger partial charge in [0.1, 0.15) is 6.54 Å². The lowest BCUT2D eigenvalue weighted by atomic mass is 10.1. The number of alkyl halides is 3. The number of hydrogen-bond donors (Lipinski definition) is 1. The minimum absolute atomic E-state index is 0.570. The number of halogens is 3. The first kappa shape index (κ1) is 16.8. The molecule has 20 heavy (non-hydrogen) atoms. The van der Waals surface area contributed by atoms with E-state index >= 15 is 0 Å². The van der Waals surface area contributed by atoms with E-state index in [2.05, 4.69) is 5.32 Å². The first-order valence-corrected chi connectivity index (χ1v) is 6.40. The molecule has 1 rings (SSSR count). The molecule has 114 valence electrons. The van der Waals surface area contributed by atoms with Crippen molar-refractivity contribution in [2.45, 2.75) is 19.6 Å². The monoisotopic (exact) mass is 290 g/mol. The highest BCUT2D eigenvalue weighted by atomic mass is 19.4. The van der Waals surface area contributed by atoms with Gasteiger partial charge in [0.05, 0.1) is 6.61 Å². The van der Waals surface area contributed by atoms with Gasteiger partial charge in [0, 0.05) is 32.9 Å². The molecule has 0 unspecified atom stereocenters. The second-order valence-electron chi connectivity index (χ2n) is 4.75. The Morgan fingerprint density at radius 2 is 2.00 bits per heavy atom. The Hall–Kier alpha value is -1.27. The van der Waals surface area contributed by atoms with Gasteiger partial charge in [0.2, 0.25) is 0 Å². The summed E-state index contributed by atoms with van der Waals surface area (Å²) in [6.45, 7) is 3.01. The molecule has 6 heteroatoms. The minimum atomic E-state index is -4.19. The first-order chi connectivity index (χ1) is 9.33. The van der Waals surface area contributed by atoms with E-state index in [4.69, 9.17) is 4.74 Å². The maximum Gasteiger partial charge on any atom is 0.405 e. The minimum Gasteiger partial charge on any atom is -0.383 e. The Labute approximate surface area is 117 Å². The normalized spacial score (nSPS) is 11.7. The molecule has 0 aromatic heterocycles. The Morgan fingerprint density at radius 1 is 1.30 bits per heavy atom. The van der Waals surface area contributed by atoms with Crippen molar-refractivity contribution in [2.24, 2.45) is 0 Å². The largest absolute Gasteiger partial charge is 0.405 e. The quantitative estimate of drug-likeness (QED) is 0.782. The Kier molecular flexibility index (Phi) is 6.29. The molecule has 1 aromatic carbocycles. The smallest absolute Gasteiger partial charge is 0.383 e. The zero-order valence-corrected chi connectivity index (χ0v) is 12.0. The van der Waals surface area contributed by atoms with E-state index in [9.17, 15) is 13.2 Å². The summed E-state index contributed by atoms with van der Waals surface area (Å²) in [5.41, 5.74) is 2.62. The van der Waals surface area contributed by atoms with E-state index in [1.54, 1.807) is 19.2 Å². The molecule has 0 fully saturated rings. The molecule has 1 aromatic rings. The van der Waals surface area contributed by atoms with Gasteiger partial charge >= 0.3 is 6.18 Å². The van der Waals surface area contributed by atoms with Crippen molar-refractivity contribution in [1.82, 2.24) is 5.32 Å². The van der Waals surface area contributed by atoms with E-state index < -0.39 is 12.7 Å². The third-order valence-corrected chi connectivity index (χ3v) is 2.98. The summed E-state index contributed by atoms with van der Waals surface area (Å²) in [6.07, 6.45) is -4.19. The van der Waals surface area contributed by atoms with Crippen molar-refractivity contribution in [2.75, 3.05) is 38.8 Å². The van der Waals surface area contributed by atoms with Crippen molar-refractivity contribution >= 4 is 5.69 Å². The fraction of sp³-hybridized carbons (Fsp3) is 0.571. The van der Waals surface area contributed by atoms with Crippen LogP contribution in [0.4, 0.5) is 18.9 Å². The Balaban J connectivity index is 2.63. The number of rotatable bonds is 7. The lowest BCUT2D eigenvalue weighted by Crippen LogP contribution is -2.30. The molecular weight excluding hydrogens is 269 g/mol. The van der Waals surface area contributed by atoms with E-state index in [0.29, 0.717) is 18.8 Å². The van der Waals surface area contributed by atoms with Crippen LogP contribution < -0.4 is 10.2 Å². The highest BCUT2D eigenvalue weighted by Gasteiger charge is 2.29. The number of anilines is 1. The van der Waals surface area contributed by atoms with E-state index in [1.807, 2.05) is 13.0 Å². The highest BCUT2D eigenvalue weighted by molar-refractivity contribution is 5.50. The maximum atomic E-state index is 12.3. The van der Waals surface area contributed by atoms with E-state index in [1.165, 1.54) is 11.9 Å². The lowest BCUT2D eigenvalue weighted by molar-refractivity contribution is -0.119. The van der Waals surface area contributed by atoms with Gasteiger partial charge in [0.15, 0.2) is 0 Å². The molecule has 0 heterocycles. The van der Waals surface area contributed by atoms with Crippen LogP contribution in [0.1, 0.15) is 11.1 Å². The summed E-state index contributed by atoms with van der Waals surface area (Å²) in [7, 11) is 3.08. The van der Waals surface area contributed by atoms with Crippen molar-refractivity contribution in [3.63, 3.8) is 0 Å². The molecule has 0 amide bonds. The fourth-order valence-corrected chi connectivity index (χ4v) is 1.87. The van der Waals surface area contributed by atoms with E-state index in [0.717, 1.165) is 17.7 Å². The number of aryl methyl sites for hydroxylation is 1. The lowest BCUT2D eigenvalue weighted by Gasteiger charge is -2.22. The molecule has 0 atom stereocenters. The van der Waals surface area contributed by atoms with Crippen molar-refractivity contribution in [3.05, 3.63) is 29.3 Å². The summed E-state index contributed by atoms with van der Waals surface area (Å²) in [6, 6.07) is 5.35. The Morgan fingerprint density at radius 3 is 2.55 bits per heavy atom. The molecule has 1 N–H and O–H groups in total. The van der Waals surface area contributed by atoms with Gasteiger partial charge in [-0.3, -0.25) is 0 Å². The molecule has 0 aliphatic rings. The third-order valence-electron chi connectivity index (χ3n) is 2.98. The average Bonchev–Trinajstić information content (AvgIpc) is 2.34. The van der Waals surface area contributed by atoms with Crippen LogP contribution in [0, 0.1) is 6.92 Å². The van der Waals surface area contributed by atoms with Gasteiger partial charge in [-0.15, -0.1) is 0 Å². The molecule has 0 aliphatic carbocycles. The maximum absolute atomic E-state index is 12.3. The molecule has 3 nitrogen and oxygen atoms in total. The van der Waals surface area contributed by atoms with Crippen molar-refractivity contribution in [1.29, 1.82) is 0 Å². The summed E-state index contributed by atoms with van der Waals surface area (Å²) in [4.78, 5) is 1.20. The second-order valence-corrected chi connectivity index (χ2v) is 4.75. The van der Waals surface area contributed by atoms with Crippen LogP contribution in [0.15, 0.2) is 18.2 Å². The summed E-state index contributed by atoms with van der Waals surface area (Å²) >= 11 is 0. The molecular formula is C14H21F3N2O. The molecule has 0 saturated carbocycles. The van der Waals surface area contributed by atoms with Crippen LogP contribution in [0.2, 0.25) is 0 Å². The number of hydrogen-bond acceptors (Lipinski definition) is 3. The van der Waals surface area contributed by atoms with Crippen LogP contribution in [-0.2, 0) is 11.3 Å². The molecule has 0 spiro atoms. The van der Waals surface area contributed by atoms with Crippen LogP contribution in [0.3, 0.4) is 0 Å². The molecule has 0 saturated heterocycles. The predicted octanol–water partition coefficient (Wildman–Crippen LogP) is 2.73. The Bertz CT molecular complexity index is 421. The van der Waals surface area contributed by atoms with E-state index in [-0.39, 0.29) is 0 Å². The van der Waals surface area contributed by atoms with Crippen LogP contribution in [0.5, 0.6) is 0 Å². The van der Waals surface area contributed by atoms with Crippen LogP contribution in [0.25, 0.3) is 0 Å². The third kappa shape index (κ3) is 5.79.